The maximum absolute atomic E-state index is 11.6. The van der Waals surface area contributed by atoms with Gasteiger partial charge in [0, 0.05) is 0 Å². The number of quaternary nitrogens is 1. The van der Waals surface area contributed by atoms with Crippen LogP contribution in [0.2, 0.25) is 0 Å². The van der Waals surface area contributed by atoms with Crippen LogP contribution in [0.4, 0.5) is 4.79 Å². The molecule has 0 saturated carbocycles. The van der Waals surface area contributed by atoms with Crippen LogP contribution in [0, 0.1) is 0 Å². The number of carbonyl (C=O) groups is 1. The van der Waals surface area contributed by atoms with E-state index in [0.717, 1.165) is 37.0 Å². The summed E-state index contributed by atoms with van der Waals surface area (Å²) in [6, 6.07) is 0. The Morgan fingerprint density at radius 3 is 1.56 bits per heavy atom. The van der Waals surface area contributed by atoms with Gasteiger partial charge >= 0.3 is 6.16 Å². The number of rotatable bonds is 16. The molecular weight excluding hydrogens is 429 g/mol. The summed E-state index contributed by atoms with van der Waals surface area (Å²) in [4.78, 5) is 11.6. The van der Waals surface area contributed by atoms with Gasteiger partial charge in [0.1, 0.15) is 0 Å². The fraction of sp³-hybridized carbons (Fsp3) is 0.950. The van der Waals surface area contributed by atoms with E-state index in [2.05, 4.69) is 27.7 Å². The normalized spacial score (nSPS) is 11.0. The van der Waals surface area contributed by atoms with Crippen LogP contribution in [0.25, 0.3) is 0 Å². The Hall–Kier alpha value is -0.0400. The maximum Gasteiger partial charge on any atom is 0.512 e. The molecule has 4 nitrogen and oxygen atoms in total. The minimum atomic E-state index is -0.510. The predicted molar refractivity (Wildman–Crippen MR) is 101 cm³/mol. The van der Waals surface area contributed by atoms with Gasteiger partial charge in [0.15, 0.2) is 0 Å². The highest BCUT2D eigenvalue weighted by Gasteiger charge is 2.23. The monoisotopic (exact) mass is 471 g/mol. The summed E-state index contributed by atoms with van der Waals surface area (Å²) in [7, 11) is 0. The second-order valence-corrected chi connectivity index (χ2v) is 6.84. The minimum Gasteiger partial charge on any atom is -1.00 e. The zero-order valence-corrected chi connectivity index (χ0v) is 19.3. The molecule has 0 rings (SSSR count). The number of unbranched alkanes of at least 4 members (excludes halogenated alkanes) is 9. The molecule has 0 amide bonds. The summed E-state index contributed by atoms with van der Waals surface area (Å²) in [5.41, 5.74) is 0. The van der Waals surface area contributed by atoms with Crippen molar-refractivity contribution in [3.05, 3.63) is 0 Å². The maximum atomic E-state index is 11.6. The van der Waals surface area contributed by atoms with E-state index < -0.39 is 6.16 Å². The van der Waals surface area contributed by atoms with E-state index in [4.69, 9.17) is 9.47 Å². The van der Waals surface area contributed by atoms with E-state index in [1.165, 1.54) is 51.4 Å². The molecule has 0 bridgehead atoms. The second-order valence-electron chi connectivity index (χ2n) is 6.84. The highest BCUT2D eigenvalue weighted by molar-refractivity contribution is 5.59. The fourth-order valence-electron chi connectivity index (χ4n) is 2.92. The highest BCUT2D eigenvalue weighted by atomic mass is 127. The molecule has 0 heterocycles. The van der Waals surface area contributed by atoms with Crippen molar-refractivity contribution in [2.75, 3.05) is 33.0 Å². The standard InChI is InChI=1S/C20H42NO3.HI/c1-5-9-10-11-12-13-14-15-16-17-18-23-20(22)24-19-21(6-2,7-3)8-4;/h5-19H2,1-4H3;1H/q+1;/p-1. The average Bonchev–Trinajstić information content (AvgIpc) is 2.61. The van der Waals surface area contributed by atoms with Crippen molar-refractivity contribution in [3.8, 4) is 0 Å². The number of hydrogen-bond donors (Lipinski definition) is 0. The Balaban J connectivity index is 0. The van der Waals surface area contributed by atoms with Crippen molar-refractivity contribution < 1.29 is 42.7 Å². The number of nitrogens with zero attached hydrogens (tertiary/aromatic N) is 1. The van der Waals surface area contributed by atoms with E-state index >= 15 is 0 Å². The average molecular weight is 471 g/mol. The molecule has 0 unspecified atom stereocenters. The van der Waals surface area contributed by atoms with Gasteiger partial charge < -0.3 is 33.5 Å². The minimum absolute atomic E-state index is 0. The molecule has 0 N–H and O–H groups in total. The summed E-state index contributed by atoms with van der Waals surface area (Å²) >= 11 is 0. The van der Waals surface area contributed by atoms with Crippen LogP contribution >= 0.6 is 0 Å². The molecular formula is C20H42INO3. The third kappa shape index (κ3) is 14.8. The lowest BCUT2D eigenvalue weighted by Gasteiger charge is -2.34. The van der Waals surface area contributed by atoms with E-state index in [9.17, 15) is 4.79 Å². The van der Waals surface area contributed by atoms with Crippen LogP contribution in [-0.2, 0) is 9.47 Å². The number of carbonyl (C=O) groups excluding carboxylic acids is 1. The Kier molecular flexibility index (Phi) is 20.4. The van der Waals surface area contributed by atoms with E-state index in [-0.39, 0.29) is 24.0 Å². The molecule has 0 aromatic carbocycles. The fourth-order valence-corrected chi connectivity index (χ4v) is 2.92. The first-order valence-corrected chi connectivity index (χ1v) is 10.3. The SMILES string of the molecule is CCCCCCCCCCCCOC(=O)OC[N+](CC)(CC)CC.[I-]. The number of halogens is 1. The largest absolute Gasteiger partial charge is 1.00 e. The lowest BCUT2D eigenvalue weighted by atomic mass is 10.1. The van der Waals surface area contributed by atoms with Crippen molar-refractivity contribution in [1.29, 1.82) is 0 Å². The highest BCUT2D eigenvalue weighted by Crippen LogP contribution is 2.11. The van der Waals surface area contributed by atoms with Crippen LogP contribution in [0.1, 0.15) is 91.9 Å². The molecule has 0 aliphatic carbocycles. The first-order chi connectivity index (χ1) is 11.6. The van der Waals surface area contributed by atoms with Gasteiger partial charge in [-0.3, -0.25) is 4.48 Å². The van der Waals surface area contributed by atoms with Crippen molar-refractivity contribution in [2.45, 2.75) is 91.9 Å². The molecule has 152 valence electrons. The zero-order valence-electron chi connectivity index (χ0n) is 17.2. The Morgan fingerprint density at radius 2 is 1.12 bits per heavy atom. The third-order valence-electron chi connectivity index (χ3n) is 5.19. The molecule has 0 fully saturated rings. The predicted octanol–water partition coefficient (Wildman–Crippen LogP) is 2.90. The van der Waals surface area contributed by atoms with Gasteiger partial charge in [-0.25, -0.2) is 4.79 Å². The molecule has 0 aliphatic heterocycles. The zero-order chi connectivity index (χ0) is 18.1. The van der Waals surface area contributed by atoms with Crippen molar-refractivity contribution in [2.24, 2.45) is 0 Å². The first-order valence-electron chi connectivity index (χ1n) is 10.3. The van der Waals surface area contributed by atoms with Crippen LogP contribution in [0.3, 0.4) is 0 Å². The van der Waals surface area contributed by atoms with Crippen LogP contribution in [0.15, 0.2) is 0 Å². The van der Waals surface area contributed by atoms with Crippen LogP contribution < -0.4 is 24.0 Å². The molecule has 0 spiro atoms. The van der Waals surface area contributed by atoms with Crippen LogP contribution in [-0.4, -0.2) is 43.6 Å². The van der Waals surface area contributed by atoms with Crippen molar-refractivity contribution in [1.82, 2.24) is 0 Å². The molecule has 0 saturated heterocycles. The summed E-state index contributed by atoms with van der Waals surface area (Å²) in [6.07, 6.45) is 12.3. The van der Waals surface area contributed by atoms with E-state index in [0.29, 0.717) is 13.3 Å². The summed E-state index contributed by atoms with van der Waals surface area (Å²) < 4.78 is 11.3. The van der Waals surface area contributed by atoms with Gasteiger partial charge in [-0.2, -0.15) is 0 Å². The topological polar surface area (TPSA) is 35.5 Å². The van der Waals surface area contributed by atoms with Gasteiger partial charge in [-0.15, -0.1) is 0 Å². The number of hydrogen-bond acceptors (Lipinski definition) is 3. The first kappa shape index (κ1) is 27.2. The van der Waals surface area contributed by atoms with Gasteiger partial charge in [0.2, 0.25) is 6.73 Å². The summed E-state index contributed by atoms with van der Waals surface area (Å²) in [5, 5.41) is 0. The van der Waals surface area contributed by atoms with E-state index in [1.54, 1.807) is 0 Å². The van der Waals surface area contributed by atoms with Gasteiger partial charge in [-0.1, -0.05) is 64.7 Å². The lowest BCUT2D eigenvalue weighted by Crippen LogP contribution is -3.00. The van der Waals surface area contributed by atoms with Gasteiger partial charge in [-0.05, 0) is 27.2 Å². The second kappa shape index (κ2) is 18.7. The quantitative estimate of drug-likeness (QED) is 0.114. The van der Waals surface area contributed by atoms with Crippen molar-refractivity contribution in [3.63, 3.8) is 0 Å². The van der Waals surface area contributed by atoms with Gasteiger partial charge in [0.05, 0.1) is 26.2 Å². The lowest BCUT2D eigenvalue weighted by molar-refractivity contribution is -0.939. The smallest absolute Gasteiger partial charge is 0.512 e. The molecule has 0 aliphatic rings. The van der Waals surface area contributed by atoms with Crippen molar-refractivity contribution >= 4 is 6.16 Å². The van der Waals surface area contributed by atoms with Crippen LogP contribution in [0.5, 0.6) is 0 Å². The Labute approximate surface area is 173 Å². The molecule has 25 heavy (non-hydrogen) atoms. The number of ether oxygens (including phenoxy) is 2. The molecule has 0 aromatic rings. The molecule has 0 radical (unpaired) electrons. The Bertz CT molecular complexity index is 288. The molecule has 5 heteroatoms. The molecule has 0 aromatic heterocycles. The molecule has 0 atom stereocenters. The Morgan fingerprint density at radius 1 is 0.680 bits per heavy atom. The third-order valence-corrected chi connectivity index (χ3v) is 5.19. The van der Waals surface area contributed by atoms with Gasteiger partial charge in [0.25, 0.3) is 0 Å². The van der Waals surface area contributed by atoms with E-state index in [1.807, 2.05) is 0 Å². The summed E-state index contributed by atoms with van der Waals surface area (Å²) in [6.45, 7) is 12.5. The summed E-state index contributed by atoms with van der Waals surface area (Å²) in [5.74, 6) is 0.